The Morgan fingerprint density at radius 1 is 0.375 bits per heavy atom. The number of alkyl halides is 3. The van der Waals surface area contributed by atoms with Gasteiger partial charge in [-0.05, 0) is 112 Å². The van der Waals surface area contributed by atoms with Crippen LogP contribution in [0.2, 0.25) is 0 Å². The summed E-state index contributed by atoms with van der Waals surface area (Å²) in [6, 6.07) is 56.1. The lowest BCUT2D eigenvalue weighted by atomic mass is 9.95. The van der Waals surface area contributed by atoms with Crippen LogP contribution in [0.5, 0.6) is 0 Å². The van der Waals surface area contributed by atoms with E-state index >= 15 is 0 Å². The van der Waals surface area contributed by atoms with Crippen LogP contribution in [0.15, 0.2) is 158 Å². The van der Waals surface area contributed by atoms with E-state index in [-0.39, 0.29) is 16.7 Å². The molecule has 0 N–H and O–H groups in total. The highest BCUT2D eigenvalue weighted by Crippen LogP contribution is 2.44. The molecule has 0 atom stereocenters. The third-order valence-corrected chi connectivity index (χ3v) is 11.7. The van der Waals surface area contributed by atoms with Gasteiger partial charge in [-0.15, -0.1) is 0 Å². The van der Waals surface area contributed by atoms with Crippen molar-refractivity contribution in [3.05, 3.63) is 191 Å². The van der Waals surface area contributed by atoms with Crippen LogP contribution in [0.1, 0.15) is 33.4 Å². The number of halogens is 3. The van der Waals surface area contributed by atoms with Crippen LogP contribution in [0.3, 0.4) is 0 Å². The molecule has 0 fully saturated rings. The number of benzene rings is 8. The van der Waals surface area contributed by atoms with Crippen molar-refractivity contribution in [2.75, 3.05) is 0 Å². The summed E-state index contributed by atoms with van der Waals surface area (Å²) in [6.07, 6.45) is -4.70. The van der Waals surface area contributed by atoms with E-state index in [1.165, 1.54) is 12.1 Å². The van der Waals surface area contributed by atoms with Crippen molar-refractivity contribution in [1.29, 1.82) is 26.3 Å². The van der Waals surface area contributed by atoms with Gasteiger partial charge in [0.1, 0.15) is 11.6 Å². The molecule has 0 spiro atoms. The summed E-state index contributed by atoms with van der Waals surface area (Å²) in [4.78, 5) is 0. The third-order valence-electron chi connectivity index (χ3n) is 11.7. The fourth-order valence-corrected chi connectivity index (χ4v) is 8.93. The Hall–Kier alpha value is -9.40. The molecule has 0 aliphatic rings. The lowest BCUT2D eigenvalue weighted by Gasteiger charge is -2.20. The average molecular weight is 830 g/mol. The first kappa shape index (κ1) is 38.8. The zero-order valence-electron chi connectivity index (χ0n) is 33.3. The summed E-state index contributed by atoms with van der Waals surface area (Å²) in [6.45, 7) is 0. The Bertz CT molecular complexity index is 3640. The molecular weight excluding hydrogens is 804 g/mol. The van der Waals surface area contributed by atoms with Gasteiger partial charge in [0.05, 0.1) is 85.5 Å². The van der Waals surface area contributed by atoms with Gasteiger partial charge < -0.3 is 9.13 Å². The van der Waals surface area contributed by atoms with E-state index in [0.29, 0.717) is 66.8 Å². The Morgan fingerprint density at radius 3 is 1.28 bits per heavy atom. The highest BCUT2D eigenvalue weighted by atomic mass is 19.4. The number of nitriles is 5. The van der Waals surface area contributed by atoms with Gasteiger partial charge >= 0.3 is 6.18 Å². The normalized spacial score (nSPS) is 11.3. The van der Waals surface area contributed by atoms with Crippen molar-refractivity contribution < 1.29 is 13.2 Å². The Kier molecular flexibility index (Phi) is 9.06. The van der Waals surface area contributed by atoms with E-state index in [1.807, 2.05) is 94.1 Å². The van der Waals surface area contributed by atoms with Crippen LogP contribution in [-0.4, -0.2) is 9.13 Å². The fourth-order valence-electron chi connectivity index (χ4n) is 8.93. The maximum absolute atomic E-state index is 14.9. The van der Waals surface area contributed by atoms with Gasteiger partial charge in [0.25, 0.3) is 0 Å². The molecule has 0 aliphatic heterocycles. The topological polar surface area (TPSA) is 129 Å². The van der Waals surface area contributed by atoms with Crippen molar-refractivity contribution >= 4 is 43.6 Å². The lowest BCUT2D eigenvalue weighted by molar-refractivity contribution is -0.137. The number of hydrogen-bond acceptors (Lipinski definition) is 5. The molecule has 7 nitrogen and oxygen atoms in total. The summed E-state index contributed by atoms with van der Waals surface area (Å²) >= 11 is 0. The second-order valence-corrected chi connectivity index (χ2v) is 15.2. The predicted molar refractivity (Wildman–Crippen MR) is 240 cm³/mol. The molecule has 0 bridgehead atoms. The molecule has 10 aromatic rings. The van der Waals surface area contributed by atoms with Crippen LogP contribution in [-0.2, 0) is 6.18 Å². The van der Waals surface area contributed by atoms with Gasteiger partial charge in [0.2, 0.25) is 0 Å². The highest BCUT2D eigenvalue weighted by molar-refractivity contribution is 6.12. The summed E-state index contributed by atoms with van der Waals surface area (Å²) in [7, 11) is 0. The molecular formula is C54H26F3N7. The third kappa shape index (κ3) is 6.09. The maximum atomic E-state index is 14.9. The quantitative estimate of drug-likeness (QED) is 0.171. The Morgan fingerprint density at radius 2 is 0.828 bits per heavy atom. The van der Waals surface area contributed by atoms with Gasteiger partial charge in [-0.3, -0.25) is 0 Å². The van der Waals surface area contributed by atoms with Gasteiger partial charge in [0.15, 0.2) is 0 Å². The van der Waals surface area contributed by atoms with E-state index in [0.717, 1.165) is 38.7 Å². The first-order valence-corrected chi connectivity index (χ1v) is 19.9. The molecule has 298 valence electrons. The first-order chi connectivity index (χ1) is 31.1. The van der Waals surface area contributed by atoms with Crippen LogP contribution in [0.25, 0.3) is 88.4 Å². The molecule has 0 radical (unpaired) electrons. The van der Waals surface area contributed by atoms with E-state index in [1.54, 1.807) is 54.6 Å². The summed E-state index contributed by atoms with van der Waals surface area (Å²) in [5.74, 6) is 0. The standard InChI is InChI=1S/C54H26F3N7/c55-54(56,57)47-10-4-1-7-41(47)36-25-52(63-48-11-5-2-8-42(48)44-23-34(15-19-50(44)63)39-17-13-32(27-58)21-37(39)29-60)46(31-62)53(26-36)64-49-12-6-3-9-43(49)45-24-35(16-20-51(45)64)40-18-14-33(28-59)22-38(40)30-61/h1-26H. The van der Waals surface area contributed by atoms with Crippen molar-refractivity contribution in [2.45, 2.75) is 6.18 Å². The molecule has 0 aliphatic carbocycles. The molecule has 0 unspecified atom stereocenters. The minimum Gasteiger partial charge on any atom is -0.308 e. The van der Waals surface area contributed by atoms with E-state index in [2.05, 4.69) is 30.3 Å². The molecule has 64 heavy (non-hydrogen) atoms. The number of para-hydroxylation sites is 2. The molecule has 2 aromatic heterocycles. The SMILES string of the molecule is N#Cc1ccc(-c2ccc3c(c2)c2ccccc2n3-c2cc(-c3ccccc3C(F)(F)F)cc(-n3c4ccccc4c4cc(-c5ccc(C#N)cc5C#N)ccc43)c2C#N)c(C#N)c1. The van der Waals surface area contributed by atoms with Gasteiger partial charge in [-0.1, -0.05) is 78.9 Å². The molecule has 0 saturated heterocycles. The number of fused-ring (bicyclic) bond motifs is 6. The van der Waals surface area contributed by atoms with Crippen molar-refractivity contribution in [1.82, 2.24) is 9.13 Å². The number of hydrogen-bond donors (Lipinski definition) is 0. The van der Waals surface area contributed by atoms with E-state index in [9.17, 15) is 39.5 Å². The molecule has 8 aromatic carbocycles. The van der Waals surface area contributed by atoms with Crippen molar-refractivity contribution in [2.24, 2.45) is 0 Å². The Labute approximate surface area is 363 Å². The molecule has 10 rings (SSSR count). The maximum Gasteiger partial charge on any atom is 0.417 e. The van der Waals surface area contributed by atoms with Gasteiger partial charge in [-0.25, -0.2) is 0 Å². The summed E-state index contributed by atoms with van der Waals surface area (Å²) in [5.41, 5.74) is 7.02. The summed E-state index contributed by atoms with van der Waals surface area (Å²) in [5, 5.41) is 53.6. The largest absolute Gasteiger partial charge is 0.417 e. The lowest BCUT2D eigenvalue weighted by Crippen LogP contribution is -2.09. The van der Waals surface area contributed by atoms with Crippen LogP contribution in [0, 0.1) is 56.7 Å². The fraction of sp³-hybridized carbons (Fsp3) is 0.0185. The number of rotatable bonds is 5. The smallest absolute Gasteiger partial charge is 0.308 e. The van der Waals surface area contributed by atoms with Crippen molar-refractivity contribution in [3.8, 4) is 75.1 Å². The molecule has 0 saturated carbocycles. The molecule has 2 heterocycles. The average Bonchev–Trinajstić information content (AvgIpc) is 3.84. The molecule has 10 heteroatoms. The summed E-state index contributed by atoms with van der Waals surface area (Å²) < 4.78 is 48.4. The van der Waals surface area contributed by atoms with Crippen LogP contribution >= 0.6 is 0 Å². The van der Waals surface area contributed by atoms with Crippen LogP contribution < -0.4 is 0 Å². The van der Waals surface area contributed by atoms with Gasteiger partial charge in [-0.2, -0.15) is 39.5 Å². The van der Waals surface area contributed by atoms with E-state index < -0.39 is 11.7 Å². The second kappa shape index (κ2) is 14.9. The monoisotopic (exact) mass is 829 g/mol. The van der Waals surface area contributed by atoms with Crippen LogP contribution in [0.4, 0.5) is 13.2 Å². The first-order valence-electron chi connectivity index (χ1n) is 19.9. The number of nitrogens with zero attached hydrogens (tertiary/aromatic N) is 7. The zero-order valence-corrected chi connectivity index (χ0v) is 33.3. The predicted octanol–water partition coefficient (Wildman–Crippen LogP) is 13.3. The van der Waals surface area contributed by atoms with Crippen molar-refractivity contribution in [3.63, 3.8) is 0 Å². The second-order valence-electron chi connectivity index (χ2n) is 15.2. The highest BCUT2D eigenvalue weighted by Gasteiger charge is 2.34. The molecule has 0 amide bonds. The number of aromatic nitrogens is 2. The Balaban J connectivity index is 1.30. The minimum atomic E-state index is -4.70. The zero-order chi connectivity index (χ0) is 44.3. The minimum absolute atomic E-state index is 0.0669. The van der Waals surface area contributed by atoms with Gasteiger partial charge in [0, 0.05) is 21.5 Å². The van der Waals surface area contributed by atoms with E-state index in [4.69, 9.17) is 0 Å².